The quantitative estimate of drug-likeness (QED) is 0.491. The van der Waals surface area contributed by atoms with Crippen LogP contribution in [0.1, 0.15) is 16.9 Å². The van der Waals surface area contributed by atoms with Crippen molar-refractivity contribution in [3.63, 3.8) is 0 Å². The molecule has 134 valence electrons. The Labute approximate surface area is 148 Å². The summed E-state index contributed by atoms with van der Waals surface area (Å²) in [5.41, 5.74) is 3.37. The molecule has 8 heteroatoms. The maximum absolute atomic E-state index is 12.0. The Morgan fingerprint density at radius 2 is 1.85 bits per heavy atom. The first-order valence-electron chi connectivity index (χ1n) is 8.07. The number of ether oxygens (including phenoxy) is 1. The number of H-pyrrole nitrogens is 2. The van der Waals surface area contributed by atoms with Gasteiger partial charge < -0.3 is 20.8 Å². The van der Waals surface area contributed by atoms with Crippen molar-refractivity contribution in [1.29, 1.82) is 0 Å². The number of nitrogen functional groups attached to an aromatic ring is 1. The van der Waals surface area contributed by atoms with Crippen LogP contribution in [0.25, 0.3) is 10.8 Å². The van der Waals surface area contributed by atoms with Gasteiger partial charge in [0.15, 0.2) is 0 Å². The van der Waals surface area contributed by atoms with Gasteiger partial charge in [0.1, 0.15) is 17.1 Å². The third-order valence-corrected chi connectivity index (χ3v) is 3.82. The van der Waals surface area contributed by atoms with Crippen LogP contribution in [0.4, 0.5) is 5.69 Å². The van der Waals surface area contributed by atoms with E-state index < -0.39 is 17.2 Å². The number of rotatable bonds is 6. The van der Waals surface area contributed by atoms with E-state index in [0.717, 1.165) is 16.5 Å². The topological polar surface area (TPSA) is 130 Å². The molecule has 0 saturated heterocycles. The molecule has 0 aliphatic rings. The number of fused-ring (bicyclic) bond motifs is 1. The zero-order valence-electron chi connectivity index (χ0n) is 13.9. The van der Waals surface area contributed by atoms with Crippen LogP contribution in [0.15, 0.2) is 52.1 Å². The van der Waals surface area contributed by atoms with E-state index in [1.807, 2.05) is 47.4 Å². The van der Waals surface area contributed by atoms with Crippen LogP contribution in [-0.2, 0) is 0 Å². The Morgan fingerprint density at radius 1 is 1.08 bits per heavy atom. The SMILES string of the molecule is Nc1c(C(=O)NCCCOc2cccc3ccccc23)[nH]c(=O)[nH]c1=O. The summed E-state index contributed by atoms with van der Waals surface area (Å²) in [6, 6.07) is 13.7. The highest BCUT2D eigenvalue weighted by Crippen LogP contribution is 2.25. The summed E-state index contributed by atoms with van der Waals surface area (Å²) >= 11 is 0. The summed E-state index contributed by atoms with van der Waals surface area (Å²) in [6.07, 6.45) is 0.544. The summed E-state index contributed by atoms with van der Waals surface area (Å²) in [5, 5.41) is 4.71. The van der Waals surface area contributed by atoms with E-state index in [2.05, 4.69) is 10.3 Å². The van der Waals surface area contributed by atoms with Crippen LogP contribution < -0.4 is 27.0 Å². The number of aromatic nitrogens is 2. The first kappa shape index (κ1) is 17.3. The van der Waals surface area contributed by atoms with Crippen LogP contribution in [-0.4, -0.2) is 29.0 Å². The highest BCUT2D eigenvalue weighted by atomic mass is 16.5. The minimum absolute atomic E-state index is 0.242. The number of carbonyl (C=O) groups excluding carboxylic acids is 1. The fourth-order valence-electron chi connectivity index (χ4n) is 2.54. The van der Waals surface area contributed by atoms with Crippen molar-refractivity contribution in [2.75, 3.05) is 18.9 Å². The molecule has 3 aromatic rings. The van der Waals surface area contributed by atoms with Gasteiger partial charge in [-0.05, 0) is 17.9 Å². The lowest BCUT2D eigenvalue weighted by molar-refractivity contribution is 0.0947. The number of aromatic amines is 2. The third kappa shape index (κ3) is 3.75. The van der Waals surface area contributed by atoms with Crippen molar-refractivity contribution in [3.8, 4) is 5.75 Å². The summed E-state index contributed by atoms with van der Waals surface area (Å²) in [7, 11) is 0. The summed E-state index contributed by atoms with van der Waals surface area (Å²) in [5.74, 6) is 0.161. The van der Waals surface area contributed by atoms with Gasteiger partial charge in [-0.25, -0.2) is 4.79 Å². The molecular formula is C18H18N4O4. The Kier molecular flexibility index (Phi) is 5.02. The van der Waals surface area contributed by atoms with Gasteiger partial charge in [0, 0.05) is 11.9 Å². The van der Waals surface area contributed by atoms with Crippen LogP contribution in [0, 0.1) is 0 Å². The number of carbonyl (C=O) groups is 1. The van der Waals surface area contributed by atoms with Gasteiger partial charge in [0.25, 0.3) is 11.5 Å². The Morgan fingerprint density at radius 3 is 2.69 bits per heavy atom. The molecule has 0 spiro atoms. The number of hydrogen-bond acceptors (Lipinski definition) is 5. The molecule has 1 aromatic heterocycles. The summed E-state index contributed by atoms with van der Waals surface area (Å²) < 4.78 is 5.78. The highest BCUT2D eigenvalue weighted by molar-refractivity contribution is 5.96. The first-order valence-corrected chi connectivity index (χ1v) is 8.07. The smallest absolute Gasteiger partial charge is 0.326 e. The number of amides is 1. The molecule has 5 N–H and O–H groups in total. The molecule has 0 bridgehead atoms. The molecule has 0 aliphatic heterocycles. The van der Waals surface area contributed by atoms with Crippen molar-refractivity contribution in [1.82, 2.24) is 15.3 Å². The van der Waals surface area contributed by atoms with Crippen molar-refractivity contribution in [2.24, 2.45) is 0 Å². The Balaban J connectivity index is 1.54. The molecule has 0 saturated carbocycles. The molecule has 0 fully saturated rings. The zero-order chi connectivity index (χ0) is 18.5. The Hall–Kier alpha value is -3.55. The number of nitrogens with one attached hydrogen (secondary N) is 3. The molecule has 0 radical (unpaired) electrons. The van der Waals surface area contributed by atoms with E-state index in [1.54, 1.807) is 0 Å². The van der Waals surface area contributed by atoms with Gasteiger partial charge in [-0.2, -0.15) is 0 Å². The van der Waals surface area contributed by atoms with Crippen LogP contribution in [0.2, 0.25) is 0 Å². The highest BCUT2D eigenvalue weighted by Gasteiger charge is 2.13. The second-order valence-electron chi connectivity index (χ2n) is 5.63. The van der Waals surface area contributed by atoms with Crippen molar-refractivity contribution in [3.05, 3.63) is 69.0 Å². The average Bonchev–Trinajstić information content (AvgIpc) is 2.64. The zero-order valence-corrected chi connectivity index (χ0v) is 13.9. The van der Waals surface area contributed by atoms with Gasteiger partial charge in [-0.1, -0.05) is 36.4 Å². The lowest BCUT2D eigenvalue weighted by atomic mass is 10.1. The van der Waals surface area contributed by atoms with Gasteiger partial charge in [-0.3, -0.25) is 14.6 Å². The van der Waals surface area contributed by atoms with E-state index in [0.29, 0.717) is 19.6 Å². The van der Waals surface area contributed by atoms with Crippen molar-refractivity contribution < 1.29 is 9.53 Å². The molecular weight excluding hydrogens is 336 g/mol. The van der Waals surface area contributed by atoms with Crippen LogP contribution >= 0.6 is 0 Å². The van der Waals surface area contributed by atoms with E-state index in [9.17, 15) is 14.4 Å². The Bertz CT molecular complexity index is 1050. The third-order valence-electron chi connectivity index (χ3n) is 3.82. The lowest BCUT2D eigenvalue weighted by Gasteiger charge is -2.10. The molecule has 1 amide bonds. The molecule has 0 aliphatic carbocycles. The van der Waals surface area contributed by atoms with Crippen molar-refractivity contribution >= 4 is 22.4 Å². The predicted octanol–water partition coefficient (Wildman–Crippen LogP) is 0.997. The minimum atomic E-state index is -0.793. The first-order chi connectivity index (χ1) is 12.6. The number of benzene rings is 2. The lowest BCUT2D eigenvalue weighted by Crippen LogP contribution is -2.34. The molecule has 3 rings (SSSR count). The van der Waals surface area contributed by atoms with Crippen LogP contribution in [0.5, 0.6) is 5.75 Å². The average molecular weight is 354 g/mol. The number of nitrogens with two attached hydrogens (primary N) is 1. The van der Waals surface area contributed by atoms with Crippen molar-refractivity contribution in [2.45, 2.75) is 6.42 Å². The summed E-state index contributed by atoms with van der Waals surface area (Å²) in [6.45, 7) is 0.702. The minimum Gasteiger partial charge on any atom is -0.493 e. The van der Waals surface area contributed by atoms with Gasteiger partial charge in [0.2, 0.25) is 0 Å². The summed E-state index contributed by atoms with van der Waals surface area (Å²) in [4.78, 5) is 38.8. The maximum Gasteiger partial charge on any atom is 0.326 e. The molecule has 0 unspecified atom stereocenters. The number of hydrogen-bond donors (Lipinski definition) is 4. The van der Waals surface area contributed by atoms with E-state index in [1.165, 1.54) is 0 Å². The number of anilines is 1. The van der Waals surface area contributed by atoms with E-state index >= 15 is 0 Å². The molecule has 0 atom stereocenters. The van der Waals surface area contributed by atoms with E-state index in [-0.39, 0.29) is 11.4 Å². The second-order valence-corrected chi connectivity index (χ2v) is 5.63. The largest absolute Gasteiger partial charge is 0.493 e. The second kappa shape index (κ2) is 7.56. The van der Waals surface area contributed by atoms with Gasteiger partial charge in [-0.15, -0.1) is 0 Å². The normalized spacial score (nSPS) is 10.6. The van der Waals surface area contributed by atoms with Gasteiger partial charge in [0.05, 0.1) is 6.61 Å². The molecule has 26 heavy (non-hydrogen) atoms. The van der Waals surface area contributed by atoms with Gasteiger partial charge >= 0.3 is 5.69 Å². The predicted molar refractivity (Wildman–Crippen MR) is 98.5 cm³/mol. The standard InChI is InChI=1S/C18H18N4O4/c19-14-15(21-18(25)22-16(14)23)17(24)20-9-4-10-26-13-8-3-6-11-5-1-2-7-12(11)13/h1-3,5-8H,4,9-10,19H2,(H,20,24)(H2,21,22,23,25). The maximum atomic E-state index is 12.0. The van der Waals surface area contributed by atoms with Crippen LogP contribution in [0.3, 0.4) is 0 Å². The molecule has 1 heterocycles. The molecule has 2 aromatic carbocycles. The van der Waals surface area contributed by atoms with E-state index in [4.69, 9.17) is 10.5 Å². The fourth-order valence-corrected chi connectivity index (χ4v) is 2.54. The molecule has 8 nitrogen and oxygen atoms in total. The monoisotopic (exact) mass is 354 g/mol. The fraction of sp³-hybridized carbons (Fsp3) is 0.167.